The Morgan fingerprint density at radius 3 is 2.38 bits per heavy atom. The number of aromatic nitrogens is 1. The minimum atomic E-state index is -2.32. The van der Waals surface area contributed by atoms with Crippen LogP contribution in [-0.2, 0) is 13.4 Å². The molecule has 1 heteroatoms. The Bertz CT molecular complexity index is 1100. The number of hydrogen-bond acceptors (Lipinski definition) is 0. The second kappa shape index (κ2) is 6.60. The molecule has 0 spiro atoms. The summed E-state index contributed by atoms with van der Waals surface area (Å²) < 4.78 is 57.4. The highest BCUT2D eigenvalue weighted by atomic mass is 14.9. The molecule has 0 amide bonds. The first-order valence-corrected chi connectivity index (χ1v) is 7.98. The second-order valence-electron chi connectivity index (χ2n) is 6.01. The van der Waals surface area contributed by atoms with E-state index in [9.17, 15) is 0 Å². The minimum absolute atomic E-state index is 0.154. The molecule has 1 heterocycles. The molecular formula is C23H26N+. The fraction of sp³-hybridized carbons (Fsp3) is 0.261. The van der Waals surface area contributed by atoms with Gasteiger partial charge >= 0.3 is 0 Å². The van der Waals surface area contributed by atoms with E-state index < -0.39 is 20.1 Å². The van der Waals surface area contributed by atoms with Gasteiger partial charge in [0.1, 0.15) is 7.05 Å². The monoisotopic (exact) mass is 323 g/mol. The first-order chi connectivity index (χ1) is 14.3. The van der Waals surface area contributed by atoms with Crippen LogP contribution in [0.1, 0.15) is 38.8 Å². The lowest BCUT2D eigenvalue weighted by Gasteiger charge is -2.13. The highest BCUT2D eigenvalue weighted by Gasteiger charge is 2.17. The summed E-state index contributed by atoms with van der Waals surface area (Å²) in [7, 11) is 1.77. The standard InChI is InChI=1S/C23H26N/c1-6-19-13-23(24(5)15-18(19)4)22-14-21(16(2)12-17(22)3)20-10-8-7-9-11-20/h7-15H,6H2,1-5H3/q+1/i2D3,4D3,6D. The van der Waals surface area contributed by atoms with Gasteiger partial charge in [-0.2, -0.15) is 0 Å². The van der Waals surface area contributed by atoms with Crippen molar-refractivity contribution >= 4 is 0 Å². The highest BCUT2D eigenvalue weighted by molar-refractivity contribution is 5.75. The van der Waals surface area contributed by atoms with Crippen molar-refractivity contribution in [3.63, 3.8) is 0 Å². The van der Waals surface area contributed by atoms with Crippen LogP contribution in [-0.4, -0.2) is 0 Å². The van der Waals surface area contributed by atoms with Crippen LogP contribution >= 0.6 is 0 Å². The maximum Gasteiger partial charge on any atom is 0.212 e. The van der Waals surface area contributed by atoms with Crippen LogP contribution in [0.15, 0.2) is 54.7 Å². The smallest absolute Gasteiger partial charge is 0.201 e. The van der Waals surface area contributed by atoms with E-state index in [-0.39, 0.29) is 11.1 Å². The molecule has 1 nitrogen and oxygen atoms in total. The normalized spacial score (nSPS) is 17.5. The van der Waals surface area contributed by atoms with Gasteiger partial charge in [-0.1, -0.05) is 43.3 Å². The summed E-state index contributed by atoms with van der Waals surface area (Å²) >= 11 is 0. The van der Waals surface area contributed by atoms with Crippen LogP contribution in [0.3, 0.4) is 0 Å². The van der Waals surface area contributed by atoms with Crippen LogP contribution in [0.2, 0.25) is 0 Å². The maximum absolute atomic E-state index is 8.18. The molecule has 3 aromatic rings. The van der Waals surface area contributed by atoms with Gasteiger partial charge in [0.15, 0.2) is 6.20 Å². The summed E-state index contributed by atoms with van der Waals surface area (Å²) in [5.74, 6) is 0. The molecule has 1 unspecified atom stereocenters. The van der Waals surface area contributed by atoms with Crippen LogP contribution in [0.25, 0.3) is 22.4 Å². The molecule has 0 aliphatic rings. The SMILES string of the molecule is [2H]C(C)c1cc(-c2cc(-c3ccccc3)c(C([2H])([2H])[2H])cc2C)[n+](C)cc1C([2H])([2H])[2H]. The molecule has 0 radical (unpaired) electrons. The van der Waals surface area contributed by atoms with Gasteiger partial charge < -0.3 is 0 Å². The van der Waals surface area contributed by atoms with E-state index in [0.717, 1.165) is 22.4 Å². The molecular weight excluding hydrogens is 290 g/mol. The number of nitrogens with zero attached hydrogens (tertiary/aromatic N) is 1. The van der Waals surface area contributed by atoms with Crippen LogP contribution in [0.5, 0.6) is 0 Å². The zero-order chi connectivity index (χ0) is 23.1. The topological polar surface area (TPSA) is 3.88 Å². The summed E-state index contributed by atoms with van der Waals surface area (Å²) in [6.45, 7) is -1.10. The summed E-state index contributed by atoms with van der Waals surface area (Å²) in [6, 6.07) is 14.6. The number of hydrogen-bond donors (Lipinski definition) is 0. The Morgan fingerprint density at radius 1 is 0.958 bits per heavy atom. The van der Waals surface area contributed by atoms with Crippen molar-refractivity contribution in [2.75, 3.05) is 0 Å². The lowest BCUT2D eigenvalue weighted by atomic mass is 9.92. The van der Waals surface area contributed by atoms with Crippen molar-refractivity contribution in [1.29, 1.82) is 0 Å². The summed E-state index contributed by atoms with van der Waals surface area (Å²) in [5.41, 5.74) is 4.58. The zero-order valence-electron chi connectivity index (χ0n) is 21.2. The first-order valence-electron chi connectivity index (χ1n) is 11.6. The summed E-state index contributed by atoms with van der Waals surface area (Å²) in [5, 5.41) is 0. The molecule has 0 aliphatic carbocycles. The van der Waals surface area contributed by atoms with Crippen molar-refractivity contribution in [2.24, 2.45) is 7.05 Å². The van der Waals surface area contributed by atoms with Gasteiger partial charge in [0.2, 0.25) is 5.69 Å². The molecule has 0 saturated heterocycles. The molecule has 1 aromatic heterocycles. The number of pyridine rings is 1. The second-order valence-corrected chi connectivity index (χ2v) is 6.01. The van der Waals surface area contributed by atoms with Crippen molar-refractivity contribution in [2.45, 2.75) is 33.9 Å². The van der Waals surface area contributed by atoms with E-state index in [1.165, 1.54) is 0 Å². The van der Waals surface area contributed by atoms with Crippen LogP contribution in [0, 0.1) is 20.6 Å². The van der Waals surface area contributed by atoms with Gasteiger partial charge in [0.05, 0.1) is 0 Å². The molecule has 24 heavy (non-hydrogen) atoms. The molecule has 0 N–H and O–H groups in total. The lowest BCUT2D eigenvalue weighted by molar-refractivity contribution is -0.660. The van der Waals surface area contributed by atoms with Gasteiger partial charge in [-0.3, -0.25) is 0 Å². The van der Waals surface area contributed by atoms with Crippen molar-refractivity contribution in [3.8, 4) is 22.4 Å². The predicted molar refractivity (Wildman–Crippen MR) is 102 cm³/mol. The number of aryl methyl sites for hydroxylation is 5. The van der Waals surface area contributed by atoms with E-state index in [1.807, 2.05) is 43.3 Å². The quantitative estimate of drug-likeness (QED) is 0.573. The third-order valence-electron chi connectivity index (χ3n) is 4.34. The molecule has 0 saturated carbocycles. The third kappa shape index (κ3) is 2.99. The van der Waals surface area contributed by atoms with Crippen LogP contribution < -0.4 is 4.57 Å². The van der Waals surface area contributed by atoms with E-state index in [2.05, 4.69) is 0 Å². The zero-order valence-corrected chi connectivity index (χ0v) is 14.2. The number of rotatable bonds is 3. The molecule has 3 rings (SSSR count). The summed E-state index contributed by atoms with van der Waals surface area (Å²) in [6.07, 6.45) is 0.841. The van der Waals surface area contributed by atoms with Crippen molar-refractivity contribution in [1.82, 2.24) is 0 Å². The Morgan fingerprint density at radius 2 is 1.71 bits per heavy atom. The Kier molecular flexibility index (Phi) is 2.69. The minimum Gasteiger partial charge on any atom is -0.201 e. The molecule has 2 aromatic carbocycles. The third-order valence-corrected chi connectivity index (χ3v) is 4.34. The predicted octanol–water partition coefficient (Wildman–Crippen LogP) is 5.33. The highest BCUT2D eigenvalue weighted by Crippen LogP contribution is 2.31. The molecule has 0 fully saturated rings. The maximum atomic E-state index is 8.18. The Hall–Kier alpha value is -2.41. The van der Waals surface area contributed by atoms with Crippen molar-refractivity contribution < 1.29 is 14.2 Å². The van der Waals surface area contributed by atoms with Gasteiger partial charge in [0, 0.05) is 26.8 Å². The van der Waals surface area contributed by atoms with Crippen LogP contribution in [0.4, 0.5) is 0 Å². The average molecular weight is 324 g/mol. The largest absolute Gasteiger partial charge is 0.212 e. The first kappa shape index (κ1) is 9.78. The molecule has 122 valence electrons. The van der Waals surface area contributed by atoms with E-state index >= 15 is 0 Å². The fourth-order valence-electron chi connectivity index (χ4n) is 3.01. The number of benzene rings is 2. The van der Waals surface area contributed by atoms with Gasteiger partial charge in [-0.15, -0.1) is 0 Å². The van der Waals surface area contributed by atoms with E-state index in [4.69, 9.17) is 9.60 Å². The van der Waals surface area contributed by atoms with Gasteiger partial charge in [0.25, 0.3) is 0 Å². The Balaban J connectivity index is 2.33. The average Bonchev–Trinajstić information content (AvgIpc) is 2.67. The molecule has 0 aliphatic heterocycles. The van der Waals surface area contributed by atoms with Crippen molar-refractivity contribution in [3.05, 3.63) is 77.0 Å². The molecule has 0 bridgehead atoms. The lowest BCUT2D eigenvalue weighted by Crippen LogP contribution is -2.31. The van der Waals surface area contributed by atoms with Gasteiger partial charge in [-0.05, 0) is 60.9 Å². The van der Waals surface area contributed by atoms with E-state index in [1.54, 1.807) is 36.9 Å². The molecule has 1 atom stereocenters. The Labute approximate surface area is 155 Å². The van der Waals surface area contributed by atoms with E-state index in [0.29, 0.717) is 11.1 Å². The summed E-state index contributed by atoms with van der Waals surface area (Å²) in [4.78, 5) is 0. The van der Waals surface area contributed by atoms with Gasteiger partial charge in [-0.25, -0.2) is 4.57 Å². The fourth-order valence-corrected chi connectivity index (χ4v) is 3.01.